The van der Waals surface area contributed by atoms with Crippen LogP contribution in [-0.2, 0) is 6.54 Å². The van der Waals surface area contributed by atoms with Gasteiger partial charge in [0.2, 0.25) is 0 Å². The monoisotopic (exact) mass is 288 g/mol. The predicted molar refractivity (Wildman–Crippen MR) is 91.8 cm³/mol. The van der Waals surface area contributed by atoms with E-state index in [1.54, 1.807) is 0 Å². The number of piperazine rings is 1. The highest BCUT2D eigenvalue weighted by Gasteiger charge is 2.28. The van der Waals surface area contributed by atoms with Crippen LogP contribution >= 0.6 is 0 Å². The summed E-state index contributed by atoms with van der Waals surface area (Å²) < 4.78 is 0. The maximum absolute atomic E-state index is 3.73. The summed E-state index contributed by atoms with van der Waals surface area (Å²) in [5.41, 5.74) is 5.80. The van der Waals surface area contributed by atoms with Gasteiger partial charge in [0.1, 0.15) is 0 Å². The summed E-state index contributed by atoms with van der Waals surface area (Å²) in [6.07, 6.45) is 1.22. The molecule has 1 fully saturated rings. The first kappa shape index (κ1) is 16.5. The summed E-state index contributed by atoms with van der Waals surface area (Å²) in [5.74, 6) is 0.700. The van der Waals surface area contributed by atoms with E-state index in [1.807, 2.05) is 0 Å². The van der Waals surface area contributed by atoms with Crippen molar-refractivity contribution in [3.63, 3.8) is 0 Å². The number of nitrogens with zero attached hydrogens (tertiary/aromatic N) is 1. The lowest BCUT2D eigenvalue weighted by Gasteiger charge is -2.42. The van der Waals surface area contributed by atoms with Crippen LogP contribution in [-0.4, -0.2) is 30.1 Å². The van der Waals surface area contributed by atoms with E-state index in [0.717, 1.165) is 13.1 Å². The van der Waals surface area contributed by atoms with Gasteiger partial charge in [0.05, 0.1) is 0 Å². The van der Waals surface area contributed by atoms with Gasteiger partial charge in [-0.1, -0.05) is 38.5 Å². The SMILES string of the molecule is CCC1CNC(C(C)C)CN1Cc1c(C)cc(C)cc1C. The average molecular weight is 288 g/mol. The fourth-order valence-electron chi connectivity index (χ4n) is 3.59. The Morgan fingerprint density at radius 2 is 1.81 bits per heavy atom. The zero-order chi connectivity index (χ0) is 15.6. The van der Waals surface area contributed by atoms with Gasteiger partial charge < -0.3 is 5.32 Å². The van der Waals surface area contributed by atoms with Crippen molar-refractivity contribution in [1.82, 2.24) is 10.2 Å². The Bertz CT molecular complexity index is 455. The Hall–Kier alpha value is -0.860. The summed E-state index contributed by atoms with van der Waals surface area (Å²) in [6, 6.07) is 5.94. The maximum Gasteiger partial charge on any atom is 0.0243 e. The maximum atomic E-state index is 3.73. The van der Waals surface area contributed by atoms with Gasteiger partial charge in [-0.05, 0) is 49.8 Å². The van der Waals surface area contributed by atoms with Gasteiger partial charge in [0, 0.05) is 31.7 Å². The van der Waals surface area contributed by atoms with E-state index < -0.39 is 0 Å². The van der Waals surface area contributed by atoms with Crippen LogP contribution in [0.4, 0.5) is 0 Å². The van der Waals surface area contributed by atoms with Crippen LogP contribution in [0.1, 0.15) is 49.4 Å². The number of nitrogens with one attached hydrogen (secondary N) is 1. The third-order valence-electron chi connectivity index (χ3n) is 5.04. The first-order valence-electron chi connectivity index (χ1n) is 8.46. The summed E-state index contributed by atoms with van der Waals surface area (Å²) >= 11 is 0. The summed E-state index contributed by atoms with van der Waals surface area (Å²) in [6.45, 7) is 17.1. The fraction of sp³-hybridized carbons (Fsp3) is 0.684. The molecule has 1 aromatic rings. The molecule has 2 nitrogen and oxygen atoms in total. The second kappa shape index (κ2) is 6.93. The average Bonchev–Trinajstić information content (AvgIpc) is 2.42. The van der Waals surface area contributed by atoms with Gasteiger partial charge in [0.15, 0.2) is 0 Å². The highest BCUT2D eigenvalue weighted by Crippen LogP contribution is 2.22. The molecule has 1 aromatic carbocycles. The molecule has 0 aromatic heterocycles. The Labute approximate surface area is 130 Å². The van der Waals surface area contributed by atoms with Crippen molar-refractivity contribution in [2.24, 2.45) is 5.92 Å². The van der Waals surface area contributed by atoms with Gasteiger partial charge in [-0.2, -0.15) is 0 Å². The third kappa shape index (κ3) is 3.87. The van der Waals surface area contributed by atoms with E-state index in [2.05, 4.69) is 63.9 Å². The minimum atomic E-state index is 0.624. The molecule has 1 aliphatic rings. The molecule has 1 aliphatic heterocycles. The Morgan fingerprint density at radius 3 is 2.33 bits per heavy atom. The molecular weight excluding hydrogens is 256 g/mol. The van der Waals surface area contributed by atoms with Crippen molar-refractivity contribution in [3.05, 3.63) is 34.4 Å². The molecule has 2 unspecified atom stereocenters. The van der Waals surface area contributed by atoms with Gasteiger partial charge >= 0.3 is 0 Å². The number of aryl methyl sites for hydroxylation is 3. The first-order valence-corrected chi connectivity index (χ1v) is 8.46. The van der Waals surface area contributed by atoms with Gasteiger partial charge in [-0.3, -0.25) is 4.90 Å². The molecule has 0 saturated carbocycles. The molecule has 21 heavy (non-hydrogen) atoms. The molecule has 1 saturated heterocycles. The molecule has 0 bridgehead atoms. The van der Waals surface area contributed by atoms with Crippen LogP contribution in [0, 0.1) is 26.7 Å². The van der Waals surface area contributed by atoms with E-state index in [4.69, 9.17) is 0 Å². The molecule has 118 valence electrons. The summed E-state index contributed by atoms with van der Waals surface area (Å²) in [4.78, 5) is 2.70. The van der Waals surface area contributed by atoms with Gasteiger partial charge in [-0.25, -0.2) is 0 Å². The lowest BCUT2D eigenvalue weighted by Crippen LogP contribution is -2.57. The standard InChI is InChI=1S/C19H32N2/c1-7-17-10-20-19(13(2)3)12-21(17)11-18-15(5)8-14(4)9-16(18)6/h8-9,13,17,19-20H,7,10-12H2,1-6H3. The minimum Gasteiger partial charge on any atom is -0.311 e. The topological polar surface area (TPSA) is 15.3 Å². The van der Waals surface area contributed by atoms with Gasteiger partial charge in [-0.15, -0.1) is 0 Å². The second-order valence-corrected chi connectivity index (χ2v) is 7.13. The number of hydrogen-bond donors (Lipinski definition) is 1. The lowest BCUT2D eigenvalue weighted by molar-refractivity contribution is 0.103. The van der Waals surface area contributed by atoms with E-state index in [1.165, 1.54) is 35.2 Å². The Kier molecular flexibility index (Phi) is 5.45. The van der Waals surface area contributed by atoms with Crippen molar-refractivity contribution < 1.29 is 0 Å². The second-order valence-electron chi connectivity index (χ2n) is 7.13. The van der Waals surface area contributed by atoms with Gasteiger partial charge in [0.25, 0.3) is 0 Å². The Balaban J connectivity index is 2.19. The Morgan fingerprint density at radius 1 is 1.19 bits per heavy atom. The molecule has 0 radical (unpaired) electrons. The van der Waals surface area contributed by atoms with Crippen LogP contribution < -0.4 is 5.32 Å². The molecule has 2 atom stereocenters. The van der Waals surface area contributed by atoms with E-state index >= 15 is 0 Å². The minimum absolute atomic E-state index is 0.624. The van der Waals surface area contributed by atoms with Crippen molar-refractivity contribution in [2.45, 2.75) is 66.6 Å². The molecular formula is C19H32N2. The summed E-state index contributed by atoms with van der Waals surface area (Å²) in [5, 5.41) is 3.73. The quantitative estimate of drug-likeness (QED) is 0.906. The van der Waals surface area contributed by atoms with Crippen LogP contribution in [0.25, 0.3) is 0 Å². The zero-order valence-corrected chi connectivity index (χ0v) is 14.7. The smallest absolute Gasteiger partial charge is 0.0243 e. The summed E-state index contributed by atoms with van der Waals surface area (Å²) in [7, 11) is 0. The highest BCUT2D eigenvalue weighted by atomic mass is 15.2. The molecule has 0 amide bonds. The lowest BCUT2D eigenvalue weighted by atomic mass is 9.95. The van der Waals surface area contributed by atoms with Crippen LogP contribution in [0.5, 0.6) is 0 Å². The van der Waals surface area contributed by atoms with Crippen LogP contribution in [0.2, 0.25) is 0 Å². The van der Waals surface area contributed by atoms with E-state index in [-0.39, 0.29) is 0 Å². The number of benzene rings is 1. The molecule has 1 N–H and O–H groups in total. The van der Waals surface area contributed by atoms with E-state index in [9.17, 15) is 0 Å². The van der Waals surface area contributed by atoms with E-state index in [0.29, 0.717) is 18.0 Å². The fourth-order valence-corrected chi connectivity index (χ4v) is 3.59. The molecule has 0 spiro atoms. The third-order valence-corrected chi connectivity index (χ3v) is 5.04. The number of hydrogen-bond acceptors (Lipinski definition) is 2. The van der Waals surface area contributed by atoms with Crippen molar-refractivity contribution in [3.8, 4) is 0 Å². The predicted octanol–water partition coefficient (Wildman–Crippen LogP) is 3.82. The normalized spacial score (nSPS) is 23.8. The largest absolute Gasteiger partial charge is 0.311 e. The molecule has 0 aliphatic carbocycles. The molecule has 2 heteroatoms. The first-order chi connectivity index (χ1) is 9.92. The van der Waals surface area contributed by atoms with Crippen molar-refractivity contribution in [1.29, 1.82) is 0 Å². The van der Waals surface area contributed by atoms with Crippen molar-refractivity contribution in [2.75, 3.05) is 13.1 Å². The molecule has 1 heterocycles. The number of rotatable bonds is 4. The van der Waals surface area contributed by atoms with Crippen LogP contribution in [0.15, 0.2) is 12.1 Å². The highest BCUT2D eigenvalue weighted by molar-refractivity contribution is 5.37. The van der Waals surface area contributed by atoms with Crippen molar-refractivity contribution >= 4 is 0 Å². The zero-order valence-electron chi connectivity index (χ0n) is 14.7. The molecule has 2 rings (SSSR count). The van der Waals surface area contributed by atoms with Crippen LogP contribution in [0.3, 0.4) is 0 Å².